The minimum atomic E-state index is 0. The zero-order chi connectivity index (χ0) is 16.4. The van der Waals surface area contributed by atoms with Gasteiger partial charge < -0.3 is 26.4 Å². The molecule has 3 nitrogen and oxygen atoms in total. The van der Waals surface area contributed by atoms with Crippen molar-refractivity contribution in [3.63, 3.8) is 0 Å². The number of benzene rings is 1. The lowest BCUT2D eigenvalue weighted by Gasteiger charge is -2.34. The Morgan fingerprint density at radius 1 is 1.00 bits per heavy atom. The van der Waals surface area contributed by atoms with E-state index in [9.17, 15) is 0 Å². The Morgan fingerprint density at radius 2 is 1.65 bits per heavy atom. The Labute approximate surface area is 148 Å². The second-order valence-corrected chi connectivity index (χ2v) is 6.69. The molecule has 0 radical (unpaired) electrons. The molecule has 0 spiro atoms. The number of rotatable bonds is 10. The van der Waals surface area contributed by atoms with Crippen molar-refractivity contribution < 1.29 is 26.4 Å². The molecule has 0 fully saturated rings. The predicted molar refractivity (Wildman–Crippen MR) is 92.9 cm³/mol. The van der Waals surface area contributed by atoms with Gasteiger partial charge in [-0.25, -0.2) is 0 Å². The normalized spacial score (nSPS) is 13.1. The first kappa shape index (κ1) is 22.0. The average Bonchev–Trinajstić information content (AvgIpc) is 2.49. The lowest BCUT2D eigenvalue weighted by Crippen LogP contribution is -3.00. The molecule has 0 aliphatic carbocycles. The molecule has 132 valence electrons. The van der Waals surface area contributed by atoms with Gasteiger partial charge >= 0.3 is 0 Å². The van der Waals surface area contributed by atoms with E-state index in [4.69, 9.17) is 9.47 Å². The lowest BCUT2D eigenvalue weighted by molar-refractivity contribution is -0.930. The van der Waals surface area contributed by atoms with E-state index in [0.717, 1.165) is 29.1 Å². The van der Waals surface area contributed by atoms with Crippen molar-refractivity contribution in [2.75, 3.05) is 33.9 Å². The summed E-state index contributed by atoms with van der Waals surface area (Å²) in [6.07, 6.45) is 5.82. The van der Waals surface area contributed by atoms with E-state index < -0.39 is 0 Å². The van der Waals surface area contributed by atoms with E-state index >= 15 is 0 Å². The van der Waals surface area contributed by atoms with Crippen LogP contribution in [0.1, 0.15) is 27.2 Å². The molecule has 0 bridgehead atoms. The van der Waals surface area contributed by atoms with Gasteiger partial charge in [0, 0.05) is 6.92 Å². The molecule has 4 heteroatoms. The quantitative estimate of drug-likeness (QED) is 0.275. The van der Waals surface area contributed by atoms with Crippen LogP contribution in [0.15, 0.2) is 42.5 Å². The Balaban J connectivity index is 0.00000484. The summed E-state index contributed by atoms with van der Waals surface area (Å²) in [4.78, 5) is 0. The van der Waals surface area contributed by atoms with Crippen LogP contribution in [-0.4, -0.2) is 44.6 Å². The fraction of sp³-hybridized carbons (Fsp3) is 0.579. The van der Waals surface area contributed by atoms with Gasteiger partial charge in [0.15, 0.2) is 6.23 Å². The smallest absolute Gasteiger partial charge is 0.190 e. The Bertz CT molecular complexity index is 432. The van der Waals surface area contributed by atoms with Crippen LogP contribution in [0.5, 0.6) is 5.75 Å². The molecular formula is C19H32ClNO2. The van der Waals surface area contributed by atoms with Crippen LogP contribution in [0, 0.1) is 5.92 Å². The zero-order valence-corrected chi connectivity index (χ0v) is 15.9. The number of para-hydroxylation sites is 1. The number of hydrogen-bond donors (Lipinski definition) is 0. The molecule has 0 aromatic heterocycles. The fourth-order valence-corrected chi connectivity index (χ4v) is 1.96. The molecule has 0 N–H and O–H groups in total. The van der Waals surface area contributed by atoms with Crippen LogP contribution in [-0.2, 0) is 4.74 Å². The minimum Gasteiger partial charge on any atom is -1.00 e. The number of likely N-dealkylation sites (N-methyl/N-ethyl adjacent to an activating group) is 1. The van der Waals surface area contributed by atoms with Crippen molar-refractivity contribution in [2.45, 2.75) is 33.4 Å². The van der Waals surface area contributed by atoms with Gasteiger partial charge in [-0.2, -0.15) is 0 Å². The van der Waals surface area contributed by atoms with Crippen molar-refractivity contribution in [3.8, 4) is 5.75 Å². The Morgan fingerprint density at radius 3 is 2.26 bits per heavy atom. The number of quaternary nitrogens is 1. The predicted octanol–water partition coefficient (Wildman–Crippen LogP) is 1.11. The minimum absolute atomic E-state index is 0. The van der Waals surface area contributed by atoms with Crippen LogP contribution >= 0.6 is 0 Å². The van der Waals surface area contributed by atoms with Gasteiger partial charge in [-0.15, -0.1) is 0 Å². The maximum atomic E-state index is 5.92. The third kappa shape index (κ3) is 9.65. The molecule has 0 aliphatic heterocycles. The Hall–Kier alpha value is -1.03. The summed E-state index contributed by atoms with van der Waals surface area (Å²) in [5.74, 6) is 1.61. The number of hydrogen-bond acceptors (Lipinski definition) is 2. The average molecular weight is 342 g/mol. The van der Waals surface area contributed by atoms with Crippen LogP contribution < -0.4 is 17.1 Å². The zero-order valence-electron chi connectivity index (χ0n) is 15.2. The van der Waals surface area contributed by atoms with Gasteiger partial charge in [0.05, 0.1) is 27.2 Å². The molecule has 0 saturated heterocycles. The summed E-state index contributed by atoms with van der Waals surface area (Å²) in [6, 6.07) is 9.86. The fourth-order valence-electron chi connectivity index (χ4n) is 1.96. The van der Waals surface area contributed by atoms with Crippen LogP contribution in [0.3, 0.4) is 0 Å². The summed E-state index contributed by atoms with van der Waals surface area (Å²) in [5, 5.41) is 0. The van der Waals surface area contributed by atoms with Gasteiger partial charge in [0.2, 0.25) is 0 Å². The van der Waals surface area contributed by atoms with Gasteiger partial charge in [-0.05, 0) is 30.5 Å². The molecular weight excluding hydrogens is 310 g/mol. The number of ether oxygens (including phenoxy) is 2. The molecule has 0 saturated carbocycles. The highest BCUT2D eigenvalue weighted by Gasteiger charge is 2.22. The molecule has 1 atom stereocenters. The first-order chi connectivity index (χ1) is 10.4. The highest BCUT2D eigenvalue weighted by Crippen LogP contribution is 2.11. The van der Waals surface area contributed by atoms with Gasteiger partial charge in [0.25, 0.3) is 0 Å². The van der Waals surface area contributed by atoms with Crippen molar-refractivity contribution in [1.29, 1.82) is 0 Å². The van der Waals surface area contributed by atoms with Crippen LogP contribution in [0.25, 0.3) is 0 Å². The van der Waals surface area contributed by atoms with E-state index in [-0.39, 0.29) is 18.6 Å². The standard InChI is InChI=1S/C19H32NO2.ClH/c1-17(2)11-9-10-14-20(4,5)18(3)21-15-16-22-19-12-7-6-8-13-19;/h6-10,12-13,17-18H,11,14-16H2,1-5H3;1H/q+1;/p-1. The van der Waals surface area contributed by atoms with Crippen LogP contribution in [0.2, 0.25) is 0 Å². The maximum absolute atomic E-state index is 5.92. The van der Waals surface area contributed by atoms with Crippen LogP contribution in [0.4, 0.5) is 0 Å². The second-order valence-electron chi connectivity index (χ2n) is 6.69. The van der Waals surface area contributed by atoms with E-state index in [0.29, 0.717) is 13.2 Å². The summed E-state index contributed by atoms with van der Waals surface area (Å²) < 4.78 is 12.4. The van der Waals surface area contributed by atoms with Crippen molar-refractivity contribution >= 4 is 0 Å². The van der Waals surface area contributed by atoms with Gasteiger partial charge in [-0.1, -0.05) is 38.1 Å². The first-order valence-electron chi connectivity index (χ1n) is 8.19. The number of halogens is 1. The largest absolute Gasteiger partial charge is 1.00 e. The third-order valence-corrected chi connectivity index (χ3v) is 3.79. The third-order valence-electron chi connectivity index (χ3n) is 3.79. The Kier molecular flexibility index (Phi) is 11.0. The topological polar surface area (TPSA) is 18.5 Å². The highest BCUT2D eigenvalue weighted by molar-refractivity contribution is 5.20. The van der Waals surface area contributed by atoms with E-state index in [2.05, 4.69) is 47.0 Å². The lowest BCUT2D eigenvalue weighted by atomic mass is 10.1. The molecule has 0 aliphatic rings. The second kappa shape index (κ2) is 11.5. The van der Waals surface area contributed by atoms with Gasteiger partial charge in [-0.3, -0.25) is 0 Å². The molecule has 1 rings (SSSR count). The SMILES string of the molecule is CC(C)CC=CC[N+](C)(C)C(C)OCCOc1ccccc1.[Cl-]. The summed E-state index contributed by atoms with van der Waals surface area (Å²) in [5.41, 5.74) is 0. The van der Waals surface area contributed by atoms with E-state index in [1.807, 2.05) is 30.3 Å². The first-order valence-corrected chi connectivity index (χ1v) is 8.19. The molecule has 1 aromatic carbocycles. The van der Waals surface area contributed by atoms with Gasteiger partial charge in [0.1, 0.15) is 12.4 Å². The van der Waals surface area contributed by atoms with Crippen molar-refractivity contribution in [3.05, 3.63) is 42.5 Å². The summed E-state index contributed by atoms with van der Waals surface area (Å²) in [7, 11) is 4.39. The van der Waals surface area contributed by atoms with Crippen molar-refractivity contribution in [2.24, 2.45) is 5.92 Å². The molecule has 1 aromatic rings. The molecule has 1 unspecified atom stereocenters. The monoisotopic (exact) mass is 341 g/mol. The molecule has 0 amide bonds. The van der Waals surface area contributed by atoms with E-state index in [1.165, 1.54) is 0 Å². The summed E-state index contributed by atoms with van der Waals surface area (Å²) in [6.45, 7) is 8.77. The maximum Gasteiger partial charge on any atom is 0.190 e. The summed E-state index contributed by atoms with van der Waals surface area (Å²) >= 11 is 0. The number of nitrogens with zero attached hydrogens (tertiary/aromatic N) is 1. The van der Waals surface area contributed by atoms with E-state index in [1.54, 1.807) is 0 Å². The van der Waals surface area contributed by atoms with Crippen molar-refractivity contribution in [1.82, 2.24) is 0 Å². The molecule has 23 heavy (non-hydrogen) atoms. The number of allylic oxidation sites excluding steroid dienone is 1. The highest BCUT2D eigenvalue weighted by atomic mass is 35.5. The molecule has 0 heterocycles.